The number of aliphatic hydroxyl groups excluding tert-OH is 2. The summed E-state index contributed by atoms with van der Waals surface area (Å²) >= 11 is 0. The van der Waals surface area contributed by atoms with Crippen molar-refractivity contribution in [1.82, 2.24) is 0 Å². The Balaban J connectivity index is 4.62. The Morgan fingerprint density at radius 3 is 0.954 bits per heavy atom. The maximum Gasteiger partial charge on any atom is 0.472 e. The molecule has 0 bridgehead atoms. The zero-order valence-electron chi connectivity index (χ0n) is 54.2. The van der Waals surface area contributed by atoms with E-state index in [0.29, 0.717) is 19.3 Å². The Morgan fingerprint density at radius 2 is 0.586 bits per heavy atom. The Bertz CT molecular complexity index is 1980. The van der Waals surface area contributed by atoms with Gasteiger partial charge in [0.05, 0.1) is 26.4 Å². The molecular formula is C69H120O16P2. The summed E-state index contributed by atoms with van der Waals surface area (Å²) in [5.74, 6) is -1.62. The van der Waals surface area contributed by atoms with Crippen LogP contribution in [0.2, 0.25) is 0 Å². The minimum atomic E-state index is -4.93. The monoisotopic (exact) mass is 1270 g/mol. The molecule has 87 heavy (non-hydrogen) atoms. The Morgan fingerprint density at radius 1 is 0.322 bits per heavy atom. The molecule has 0 rings (SSSR count). The van der Waals surface area contributed by atoms with Crippen molar-refractivity contribution in [2.24, 2.45) is 0 Å². The van der Waals surface area contributed by atoms with E-state index in [0.717, 1.165) is 148 Å². The summed E-state index contributed by atoms with van der Waals surface area (Å²) in [5.41, 5.74) is 0. The van der Waals surface area contributed by atoms with Crippen LogP contribution >= 0.6 is 15.6 Å². The second-order valence-corrected chi connectivity index (χ2v) is 25.2. The molecule has 4 N–H and O–H groups in total. The largest absolute Gasteiger partial charge is 0.472 e. The number of ether oxygens (including phenoxy) is 3. The summed E-state index contributed by atoms with van der Waals surface area (Å²) in [4.78, 5) is 58.2. The molecule has 0 amide bonds. The van der Waals surface area contributed by atoms with Gasteiger partial charge >= 0.3 is 33.6 Å². The van der Waals surface area contributed by atoms with Crippen molar-refractivity contribution in [2.45, 2.75) is 283 Å². The van der Waals surface area contributed by atoms with Gasteiger partial charge in [0.1, 0.15) is 25.4 Å². The highest BCUT2D eigenvalue weighted by molar-refractivity contribution is 7.47. The molecule has 16 nitrogen and oxygen atoms in total. The highest BCUT2D eigenvalue weighted by atomic mass is 31.2. The van der Waals surface area contributed by atoms with Gasteiger partial charge in [-0.15, -0.1) is 0 Å². The highest BCUT2D eigenvalue weighted by Crippen LogP contribution is 2.45. The number of aliphatic hydroxyl groups is 2. The van der Waals surface area contributed by atoms with Crippen LogP contribution in [0.15, 0.2) is 97.2 Å². The van der Waals surface area contributed by atoms with Gasteiger partial charge in [-0.3, -0.25) is 32.5 Å². The van der Waals surface area contributed by atoms with Crippen molar-refractivity contribution in [2.75, 3.05) is 39.6 Å². The molecule has 0 spiro atoms. The van der Waals surface area contributed by atoms with E-state index in [1.54, 1.807) is 0 Å². The van der Waals surface area contributed by atoms with E-state index in [1.807, 2.05) is 0 Å². The molecule has 0 aliphatic carbocycles. The summed E-state index contributed by atoms with van der Waals surface area (Å²) in [5, 5.41) is 20.5. The minimum absolute atomic E-state index is 0.0896. The lowest BCUT2D eigenvalue weighted by Crippen LogP contribution is -2.30. The number of phosphoric ester groups is 2. The number of carbonyl (C=O) groups excluding carboxylic acids is 3. The Kier molecular flexibility index (Phi) is 60.1. The van der Waals surface area contributed by atoms with Crippen molar-refractivity contribution in [3.8, 4) is 0 Å². The molecule has 5 unspecified atom stereocenters. The van der Waals surface area contributed by atoms with Crippen molar-refractivity contribution < 1.29 is 75.8 Å². The number of phosphoric acid groups is 2. The molecule has 0 aromatic carbocycles. The molecule has 0 heterocycles. The van der Waals surface area contributed by atoms with Crippen LogP contribution in [-0.4, -0.2) is 95.9 Å². The lowest BCUT2D eigenvalue weighted by molar-refractivity contribution is -0.161. The first-order valence-corrected chi connectivity index (χ1v) is 36.5. The minimum Gasteiger partial charge on any atom is -0.463 e. The van der Waals surface area contributed by atoms with Crippen molar-refractivity contribution in [1.29, 1.82) is 0 Å². The molecule has 0 aliphatic rings. The standard InChI is InChI=1S/C69H120O16P2/c1-4-7-10-13-16-19-22-24-26-28-30-31-33-35-36-38-41-43-46-49-52-55-67(72)79-58-64(70)59-81-86(75,76)82-60-65(71)61-83-87(77,78)84-63-66(85-69(74)57-54-51-48-45-40-21-18-15-12-9-6-3)62-80-68(73)56-53-50-47-44-42-39-37-34-32-29-27-25-23-20-17-14-11-8-5-2/h15-20,24-27,30-32,34-36,64-66,70-71H,4-14,21-23,28-29,33,37-63H2,1-3H3,(H,75,76)(H,77,78)/b18-15-,19-16-,20-17-,26-24-,27-25-,31-30-,34-32-,36-35-. The first kappa shape index (κ1) is 83.5. The molecule has 502 valence electrons. The lowest BCUT2D eigenvalue weighted by atomic mass is 10.1. The third kappa shape index (κ3) is 63.8. The predicted molar refractivity (Wildman–Crippen MR) is 353 cm³/mol. The quantitative estimate of drug-likeness (QED) is 0.0146. The molecule has 18 heteroatoms. The van der Waals surface area contributed by atoms with Crippen LogP contribution in [0.3, 0.4) is 0 Å². The van der Waals surface area contributed by atoms with Gasteiger partial charge in [0.2, 0.25) is 0 Å². The van der Waals surface area contributed by atoms with Gasteiger partial charge in [-0.05, 0) is 122 Å². The van der Waals surface area contributed by atoms with E-state index < -0.39 is 91.5 Å². The molecule has 0 saturated carbocycles. The van der Waals surface area contributed by atoms with Gasteiger partial charge in [0, 0.05) is 19.3 Å². The third-order valence-corrected chi connectivity index (χ3v) is 15.7. The topological polar surface area (TPSA) is 231 Å². The number of unbranched alkanes of at least 4 members (excludes halogenated alkanes) is 24. The smallest absolute Gasteiger partial charge is 0.463 e. The third-order valence-electron chi connectivity index (χ3n) is 13.8. The van der Waals surface area contributed by atoms with Gasteiger partial charge in [0.15, 0.2) is 6.10 Å². The molecule has 0 aromatic heterocycles. The second kappa shape index (κ2) is 62.7. The second-order valence-electron chi connectivity index (χ2n) is 22.3. The Hall–Kier alpha value is -3.53. The normalized spacial score (nSPS) is 14.9. The predicted octanol–water partition coefficient (Wildman–Crippen LogP) is 18.3. The summed E-state index contributed by atoms with van der Waals surface area (Å²) in [6.45, 7) is 2.51. The molecule has 0 aromatic rings. The van der Waals surface area contributed by atoms with E-state index in [2.05, 4.69) is 118 Å². The number of hydrogen-bond acceptors (Lipinski definition) is 14. The number of esters is 3. The van der Waals surface area contributed by atoms with E-state index in [-0.39, 0.29) is 19.3 Å². The number of hydrogen-bond donors (Lipinski definition) is 4. The van der Waals surface area contributed by atoms with Crippen LogP contribution < -0.4 is 0 Å². The van der Waals surface area contributed by atoms with Crippen LogP contribution in [-0.2, 0) is 55.8 Å². The fraction of sp³-hybridized carbons (Fsp3) is 0.725. The van der Waals surface area contributed by atoms with E-state index in [4.69, 9.17) is 32.3 Å². The summed E-state index contributed by atoms with van der Waals surface area (Å²) in [6, 6.07) is 0. The van der Waals surface area contributed by atoms with E-state index >= 15 is 0 Å². The van der Waals surface area contributed by atoms with Gasteiger partial charge in [-0.1, -0.05) is 221 Å². The van der Waals surface area contributed by atoms with Crippen molar-refractivity contribution >= 4 is 33.6 Å². The first-order valence-electron chi connectivity index (χ1n) is 33.5. The van der Waals surface area contributed by atoms with Crippen molar-refractivity contribution in [3.63, 3.8) is 0 Å². The SMILES string of the molecule is CCCC/C=C\CCCCCCCC(=O)OC(COC(=O)CCCCCCCC/C=C\C/C=C\C/C=C\CCCCC)COP(=O)(O)OCC(O)COP(=O)(O)OCC(O)COC(=O)CCCCCCC/C=C\C/C=C\C/C=C\C/C=C\CCCCC. The maximum atomic E-state index is 12.9. The number of rotatable bonds is 63. The van der Waals surface area contributed by atoms with Crippen LogP contribution in [0.4, 0.5) is 0 Å². The Labute approximate surface area is 527 Å². The van der Waals surface area contributed by atoms with Crippen LogP contribution in [0.25, 0.3) is 0 Å². The average molecular weight is 1270 g/mol. The molecule has 0 aliphatic heterocycles. The summed E-state index contributed by atoms with van der Waals surface area (Å²) < 4.78 is 60.7. The fourth-order valence-electron chi connectivity index (χ4n) is 8.54. The maximum absolute atomic E-state index is 12.9. The van der Waals surface area contributed by atoms with Crippen LogP contribution in [0, 0.1) is 0 Å². The highest BCUT2D eigenvalue weighted by Gasteiger charge is 2.29. The van der Waals surface area contributed by atoms with Crippen molar-refractivity contribution in [3.05, 3.63) is 97.2 Å². The molecule has 0 saturated heterocycles. The van der Waals surface area contributed by atoms with E-state index in [1.165, 1.54) is 57.8 Å². The first-order chi connectivity index (χ1) is 42.2. The zero-order valence-corrected chi connectivity index (χ0v) is 56.0. The lowest BCUT2D eigenvalue weighted by Gasteiger charge is -2.21. The number of allylic oxidation sites excluding steroid dienone is 16. The molecule has 0 radical (unpaired) electrons. The fourth-order valence-corrected chi connectivity index (χ4v) is 10.1. The van der Waals surface area contributed by atoms with Gasteiger partial charge < -0.3 is 34.2 Å². The molecule has 0 fully saturated rings. The van der Waals surface area contributed by atoms with Crippen LogP contribution in [0.5, 0.6) is 0 Å². The summed E-state index contributed by atoms with van der Waals surface area (Å²) in [7, 11) is -9.78. The van der Waals surface area contributed by atoms with E-state index in [9.17, 15) is 43.5 Å². The summed E-state index contributed by atoms with van der Waals surface area (Å²) in [6.07, 6.45) is 67.5. The van der Waals surface area contributed by atoms with Crippen LogP contribution in [0.1, 0.15) is 265 Å². The number of carbonyl (C=O) groups is 3. The van der Waals surface area contributed by atoms with Gasteiger partial charge in [-0.2, -0.15) is 0 Å². The van der Waals surface area contributed by atoms with Gasteiger partial charge in [-0.25, -0.2) is 9.13 Å². The molecule has 5 atom stereocenters. The average Bonchev–Trinajstić information content (AvgIpc) is 3.71. The molecular weight excluding hydrogens is 1150 g/mol. The van der Waals surface area contributed by atoms with Gasteiger partial charge in [0.25, 0.3) is 0 Å². The zero-order chi connectivity index (χ0) is 63.8.